The van der Waals surface area contributed by atoms with Gasteiger partial charge in [-0.15, -0.1) is 0 Å². The van der Waals surface area contributed by atoms with Gasteiger partial charge >= 0.3 is 0 Å². The number of hydrogen-bond donors (Lipinski definition) is 1. The van der Waals surface area contributed by atoms with Crippen molar-refractivity contribution in [3.63, 3.8) is 0 Å². The highest BCUT2D eigenvalue weighted by atomic mass is 35.5. The van der Waals surface area contributed by atoms with Crippen molar-refractivity contribution in [2.24, 2.45) is 0 Å². The summed E-state index contributed by atoms with van der Waals surface area (Å²) >= 11 is 6.18. The van der Waals surface area contributed by atoms with Crippen LogP contribution >= 0.6 is 11.6 Å². The van der Waals surface area contributed by atoms with Gasteiger partial charge in [0.1, 0.15) is 11.6 Å². The minimum Gasteiger partial charge on any atom is -0.495 e. The fourth-order valence-electron chi connectivity index (χ4n) is 3.79. The second kappa shape index (κ2) is 8.41. The third kappa shape index (κ3) is 4.10. The van der Waals surface area contributed by atoms with Gasteiger partial charge in [0.05, 0.1) is 22.5 Å². The maximum Gasteiger partial charge on any atom is 0.243 e. The van der Waals surface area contributed by atoms with E-state index < -0.39 is 10.0 Å². The van der Waals surface area contributed by atoms with Crippen molar-refractivity contribution in [3.8, 4) is 5.75 Å². The maximum absolute atomic E-state index is 13.1. The zero-order valence-electron chi connectivity index (χ0n) is 16.9. The summed E-state index contributed by atoms with van der Waals surface area (Å²) in [6, 6.07) is 14.2. The van der Waals surface area contributed by atoms with Crippen molar-refractivity contribution in [1.82, 2.24) is 9.29 Å². The lowest BCUT2D eigenvalue weighted by Gasteiger charge is -2.32. The fraction of sp³-hybridized carbons (Fsp3) is 0.318. The zero-order chi connectivity index (χ0) is 21.3. The molecular formula is C22H24ClN3O3S. The molecule has 2 heterocycles. The summed E-state index contributed by atoms with van der Waals surface area (Å²) < 4.78 is 33.0. The van der Waals surface area contributed by atoms with Crippen LogP contribution in [0, 0.1) is 0 Å². The quantitative estimate of drug-likeness (QED) is 0.584. The summed E-state index contributed by atoms with van der Waals surface area (Å²) in [5, 5.41) is 4.49. The van der Waals surface area contributed by atoms with Crippen LogP contribution in [0.15, 0.2) is 53.4 Å². The molecule has 4 rings (SSSR count). The van der Waals surface area contributed by atoms with Crippen molar-refractivity contribution in [3.05, 3.63) is 53.6 Å². The minimum absolute atomic E-state index is 0.0282. The molecule has 0 unspecified atom stereocenters. The Morgan fingerprint density at radius 1 is 1.13 bits per heavy atom. The number of methoxy groups -OCH3 is 1. The molecule has 0 saturated carbocycles. The topological polar surface area (TPSA) is 71.5 Å². The van der Waals surface area contributed by atoms with E-state index >= 15 is 0 Å². The summed E-state index contributed by atoms with van der Waals surface area (Å²) in [6.07, 6.45) is 2.88. The third-order valence-electron chi connectivity index (χ3n) is 5.43. The molecular weight excluding hydrogens is 422 g/mol. The standard InChI is InChI=1S/C22H24ClN3O3S/c1-15-5-3-4-12-26(15)30(27,28)18-8-9-20-16(13-18)6-11-22(25-20)24-17-7-10-21(29-2)19(23)14-17/h6-11,13-15H,3-5,12H2,1-2H3,(H,24,25)/t15-/m1/s1. The van der Waals surface area contributed by atoms with Gasteiger partial charge in [0, 0.05) is 23.7 Å². The molecule has 0 aliphatic carbocycles. The molecule has 0 amide bonds. The smallest absolute Gasteiger partial charge is 0.243 e. The maximum atomic E-state index is 13.1. The van der Waals surface area contributed by atoms with Crippen LogP contribution in [0.25, 0.3) is 10.9 Å². The van der Waals surface area contributed by atoms with Gasteiger partial charge in [-0.1, -0.05) is 18.0 Å². The van der Waals surface area contributed by atoms with Crippen molar-refractivity contribution in [2.75, 3.05) is 19.0 Å². The number of anilines is 2. The summed E-state index contributed by atoms with van der Waals surface area (Å²) in [5.41, 5.74) is 1.50. The lowest BCUT2D eigenvalue weighted by molar-refractivity contribution is 0.268. The van der Waals surface area contributed by atoms with E-state index in [0.717, 1.165) is 30.3 Å². The monoisotopic (exact) mass is 445 g/mol. The Balaban J connectivity index is 1.60. The van der Waals surface area contributed by atoms with E-state index in [4.69, 9.17) is 16.3 Å². The molecule has 2 aromatic carbocycles. The van der Waals surface area contributed by atoms with E-state index in [1.165, 1.54) is 0 Å². The first-order valence-corrected chi connectivity index (χ1v) is 11.7. The Hall–Kier alpha value is -2.35. The minimum atomic E-state index is -3.51. The molecule has 8 heteroatoms. The van der Waals surface area contributed by atoms with Crippen LogP contribution < -0.4 is 10.1 Å². The number of rotatable bonds is 5. The van der Waals surface area contributed by atoms with Crippen molar-refractivity contribution in [2.45, 2.75) is 37.1 Å². The van der Waals surface area contributed by atoms with E-state index in [1.54, 1.807) is 41.7 Å². The molecule has 3 aromatic rings. The third-order valence-corrected chi connectivity index (χ3v) is 7.74. The normalized spacial score (nSPS) is 17.8. The first-order chi connectivity index (χ1) is 14.4. The van der Waals surface area contributed by atoms with Gasteiger partial charge in [0.25, 0.3) is 0 Å². The van der Waals surface area contributed by atoms with Gasteiger partial charge in [0.2, 0.25) is 10.0 Å². The highest BCUT2D eigenvalue weighted by molar-refractivity contribution is 7.89. The number of halogens is 1. The molecule has 0 spiro atoms. The predicted octanol–water partition coefficient (Wildman–Crippen LogP) is 5.20. The van der Waals surface area contributed by atoms with Crippen molar-refractivity contribution >= 4 is 44.0 Å². The Morgan fingerprint density at radius 2 is 1.97 bits per heavy atom. The van der Waals surface area contributed by atoms with E-state index in [1.807, 2.05) is 25.1 Å². The number of nitrogens with one attached hydrogen (secondary N) is 1. The lowest BCUT2D eigenvalue weighted by Crippen LogP contribution is -2.41. The SMILES string of the molecule is COc1ccc(Nc2ccc3cc(S(=O)(=O)N4CCCC[C@H]4C)ccc3n2)cc1Cl. The number of pyridine rings is 1. The number of hydrogen-bond acceptors (Lipinski definition) is 5. The van der Waals surface area contributed by atoms with Crippen LogP contribution in [0.4, 0.5) is 11.5 Å². The molecule has 1 aliphatic heterocycles. The molecule has 1 atom stereocenters. The molecule has 1 aromatic heterocycles. The van der Waals surface area contributed by atoms with Gasteiger partial charge in [-0.2, -0.15) is 4.31 Å². The van der Waals surface area contributed by atoms with Crippen LogP contribution in [0.3, 0.4) is 0 Å². The second-order valence-corrected chi connectivity index (χ2v) is 9.78. The summed E-state index contributed by atoms with van der Waals surface area (Å²) in [5.74, 6) is 1.24. The molecule has 1 fully saturated rings. The molecule has 30 heavy (non-hydrogen) atoms. The van der Waals surface area contributed by atoms with E-state index in [2.05, 4.69) is 10.3 Å². The predicted molar refractivity (Wildman–Crippen MR) is 120 cm³/mol. The van der Waals surface area contributed by atoms with E-state index in [0.29, 0.717) is 33.5 Å². The molecule has 1 saturated heterocycles. The Kier molecular flexibility index (Phi) is 5.86. The van der Waals surface area contributed by atoms with Crippen molar-refractivity contribution in [1.29, 1.82) is 0 Å². The van der Waals surface area contributed by atoms with Gasteiger partial charge < -0.3 is 10.1 Å². The van der Waals surface area contributed by atoms with E-state index in [-0.39, 0.29) is 6.04 Å². The number of sulfonamides is 1. The lowest BCUT2D eigenvalue weighted by atomic mass is 10.1. The average molecular weight is 446 g/mol. The largest absolute Gasteiger partial charge is 0.495 e. The van der Waals surface area contributed by atoms with Crippen LogP contribution in [0.1, 0.15) is 26.2 Å². The van der Waals surface area contributed by atoms with Crippen LogP contribution in [-0.2, 0) is 10.0 Å². The highest BCUT2D eigenvalue weighted by Crippen LogP contribution is 2.30. The molecule has 1 N–H and O–H groups in total. The van der Waals surface area contributed by atoms with Crippen LogP contribution in [0.5, 0.6) is 5.75 Å². The van der Waals surface area contributed by atoms with Gasteiger partial charge in [0.15, 0.2) is 0 Å². The van der Waals surface area contributed by atoms with E-state index in [9.17, 15) is 8.42 Å². The van der Waals surface area contributed by atoms with Crippen molar-refractivity contribution < 1.29 is 13.2 Å². The number of piperidine rings is 1. The summed E-state index contributed by atoms with van der Waals surface area (Å²) in [7, 11) is -1.94. The first-order valence-electron chi connectivity index (χ1n) is 9.92. The number of nitrogens with zero attached hydrogens (tertiary/aromatic N) is 2. The molecule has 6 nitrogen and oxygen atoms in total. The molecule has 1 aliphatic rings. The molecule has 0 radical (unpaired) electrons. The number of ether oxygens (including phenoxy) is 1. The second-order valence-electron chi connectivity index (χ2n) is 7.49. The van der Waals surface area contributed by atoms with Gasteiger partial charge in [-0.05, 0) is 68.3 Å². The number of aromatic nitrogens is 1. The zero-order valence-corrected chi connectivity index (χ0v) is 18.5. The first kappa shape index (κ1) is 20.9. The van der Waals surface area contributed by atoms with Gasteiger partial charge in [-0.3, -0.25) is 0 Å². The summed E-state index contributed by atoms with van der Waals surface area (Å²) in [4.78, 5) is 4.91. The van der Waals surface area contributed by atoms with Gasteiger partial charge in [-0.25, -0.2) is 13.4 Å². The average Bonchev–Trinajstić information content (AvgIpc) is 2.73. The number of benzene rings is 2. The highest BCUT2D eigenvalue weighted by Gasteiger charge is 2.31. The molecule has 158 valence electrons. The Morgan fingerprint density at radius 3 is 2.70 bits per heavy atom. The van der Waals surface area contributed by atoms with Crippen LogP contribution in [-0.4, -0.2) is 37.4 Å². The molecule has 0 bridgehead atoms. The van der Waals surface area contributed by atoms with Crippen LogP contribution in [0.2, 0.25) is 5.02 Å². The Bertz CT molecular complexity index is 1180. The summed E-state index contributed by atoms with van der Waals surface area (Å²) in [6.45, 7) is 2.55. The Labute approximate surface area is 181 Å². The number of fused-ring (bicyclic) bond motifs is 1. The fourth-order valence-corrected chi connectivity index (χ4v) is 5.78.